The number of nitrogens with one attached hydrogen (secondary N) is 1. The quantitative estimate of drug-likeness (QED) is 0.695. The van der Waals surface area contributed by atoms with Gasteiger partial charge in [0.2, 0.25) is 0 Å². The number of sulfonamides is 1. The molecule has 0 aliphatic heterocycles. The normalized spacial score (nSPS) is 12.2. The number of hydrazone groups is 1. The lowest BCUT2D eigenvalue weighted by Crippen LogP contribution is -2.20. The van der Waals surface area contributed by atoms with Crippen LogP contribution in [0.1, 0.15) is 12.5 Å². The number of nitrogens with zero attached hydrogens (tertiary/aromatic N) is 1. The molecule has 0 spiro atoms. The molecule has 0 heterocycles. The molecule has 6 heteroatoms. The average molecular weight is 292 g/mol. The Balaban J connectivity index is 2.23. The maximum Gasteiger partial charge on any atom is 0.276 e. The molecule has 0 saturated carbocycles. The zero-order valence-electron chi connectivity index (χ0n) is 10.7. The number of hydrogen-bond acceptors (Lipinski definition) is 3. The fourth-order valence-corrected chi connectivity index (χ4v) is 2.47. The van der Waals surface area contributed by atoms with Gasteiger partial charge < -0.3 is 0 Å². The van der Waals surface area contributed by atoms with Crippen molar-refractivity contribution in [1.82, 2.24) is 4.83 Å². The monoisotopic (exact) mass is 292 g/mol. The van der Waals surface area contributed by atoms with Crippen LogP contribution in [0.5, 0.6) is 0 Å². The molecule has 0 aliphatic carbocycles. The smallest absolute Gasteiger partial charge is 0.206 e. The molecule has 0 bridgehead atoms. The SMILES string of the molecule is C/C(=N\NS(=O)(=O)c1ccccc1)c1ccccc1F. The topological polar surface area (TPSA) is 58.5 Å². The predicted molar refractivity (Wildman–Crippen MR) is 75.4 cm³/mol. The summed E-state index contributed by atoms with van der Waals surface area (Å²) in [6.45, 7) is 1.53. The van der Waals surface area contributed by atoms with E-state index in [1.54, 1.807) is 30.3 Å². The van der Waals surface area contributed by atoms with Crippen LogP contribution in [0.15, 0.2) is 64.6 Å². The first kappa shape index (κ1) is 14.2. The van der Waals surface area contributed by atoms with Crippen molar-refractivity contribution in [3.05, 3.63) is 66.0 Å². The van der Waals surface area contributed by atoms with Crippen molar-refractivity contribution in [1.29, 1.82) is 0 Å². The number of benzene rings is 2. The van der Waals surface area contributed by atoms with Crippen LogP contribution in [0, 0.1) is 5.82 Å². The highest BCUT2D eigenvalue weighted by Gasteiger charge is 2.12. The van der Waals surface area contributed by atoms with Gasteiger partial charge in [0.15, 0.2) is 0 Å². The second-order valence-corrected chi connectivity index (χ2v) is 5.75. The zero-order valence-corrected chi connectivity index (χ0v) is 11.6. The Morgan fingerprint density at radius 3 is 2.30 bits per heavy atom. The summed E-state index contributed by atoms with van der Waals surface area (Å²) in [7, 11) is -3.74. The molecule has 0 radical (unpaired) electrons. The second-order valence-electron chi connectivity index (χ2n) is 4.08. The summed E-state index contributed by atoms with van der Waals surface area (Å²) >= 11 is 0. The van der Waals surface area contributed by atoms with E-state index >= 15 is 0 Å². The van der Waals surface area contributed by atoms with Crippen molar-refractivity contribution in [2.75, 3.05) is 0 Å². The molecule has 20 heavy (non-hydrogen) atoms. The average Bonchev–Trinajstić information content (AvgIpc) is 2.46. The Kier molecular flexibility index (Phi) is 4.14. The van der Waals surface area contributed by atoms with Gasteiger partial charge in [-0.25, -0.2) is 4.39 Å². The van der Waals surface area contributed by atoms with E-state index in [0.29, 0.717) is 0 Å². The van der Waals surface area contributed by atoms with Crippen molar-refractivity contribution in [2.24, 2.45) is 5.10 Å². The van der Waals surface area contributed by atoms with Crippen LogP contribution in [0.3, 0.4) is 0 Å². The molecule has 2 aromatic carbocycles. The van der Waals surface area contributed by atoms with Crippen LogP contribution in [0.25, 0.3) is 0 Å². The molecule has 0 amide bonds. The molecule has 0 aliphatic rings. The third kappa shape index (κ3) is 3.21. The second kappa shape index (κ2) is 5.83. The Labute approximate surface area is 117 Å². The van der Waals surface area contributed by atoms with E-state index in [9.17, 15) is 12.8 Å². The van der Waals surface area contributed by atoms with E-state index in [1.165, 1.54) is 31.2 Å². The van der Waals surface area contributed by atoms with Crippen LogP contribution in [-0.4, -0.2) is 14.1 Å². The summed E-state index contributed by atoms with van der Waals surface area (Å²) in [5.74, 6) is -0.451. The van der Waals surface area contributed by atoms with Crippen molar-refractivity contribution >= 4 is 15.7 Å². The van der Waals surface area contributed by atoms with Crippen molar-refractivity contribution in [3.63, 3.8) is 0 Å². The van der Waals surface area contributed by atoms with E-state index in [1.807, 2.05) is 0 Å². The van der Waals surface area contributed by atoms with E-state index in [2.05, 4.69) is 9.93 Å². The molecule has 0 aromatic heterocycles. The Hall–Kier alpha value is -2.21. The lowest BCUT2D eigenvalue weighted by atomic mass is 10.1. The minimum atomic E-state index is -3.74. The first-order valence-corrected chi connectivity index (χ1v) is 7.35. The van der Waals surface area contributed by atoms with E-state index < -0.39 is 15.8 Å². The summed E-state index contributed by atoms with van der Waals surface area (Å²) in [5.41, 5.74) is 0.505. The van der Waals surface area contributed by atoms with Gasteiger partial charge in [0.25, 0.3) is 10.0 Å². The molecule has 2 aromatic rings. The lowest BCUT2D eigenvalue weighted by Gasteiger charge is -2.05. The Bertz CT molecular complexity index is 728. The van der Waals surface area contributed by atoms with Crippen LogP contribution in [0.4, 0.5) is 4.39 Å². The van der Waals surface area contributed by atoms with Gasteiger partial charge in [-0.05, 0) is 25.1 Å². The van der Waals surface area contributed by atoms with Crippen LogP contribution in [-0.2, 0) is 10.0 Å². The standard InChI is InChI=1S/C14H13FN2O2S/c1-11(13-9-5-6-10-14(13)15)16-17-20(18,19)12-7-3-2-4-8-12/h2-10,17H,1H3/b16-11+. The van der Waals surface area contributed by atoms with Crippen molar-refractivity contribution in [2.45, 2.75) is 11.8 Å². The minimum absolute atomic E-state index is 0.102. The third-order valence-electron chi connectivity index (χ3n) is 2.65. The molecule has 0 atom stereocenters. The summed E-state index contributed by atoms with van der Waals surface area (Å²) in [6, 6.07) is 13.9. The minimum Gasteiger partial charge on any atom is -0.206 e. The van der Waals surface area contributed by atoms with Gasteiger partial charge in [-0.3, -0.25) is 0 Å². The molecule has 4 nitrogen and oxygen atoms in total. The molecule has 0 unspecified atom stereocenters. The van der Waals surface area contributed by atoms with Gasteiger partial charge in [-0.2, -0.15) is 18.4 Å². The lowest BCUT2D eigenvalue weighted by molar-refractivity contribution is 0.584. The predicted octanol–water partition coefficient (Wildman–Crippen LogP) is 2.53. The summed E-state index contributed by atoms with van der Waals surface area (Å²) < 4.78 is 37.4. The van der Waals surface area contributed by atoms with Gasteiger partial charge in [-0.15, -0.1) is 0 Å². The first-order valence-electron chi connectivity index (χ1n) is 5.87. The molecule has 1 N–H and O–H groups in total. The highest BCUT2D eigenvalue weighted by molar-refractivity contribution is 7.89. The molecular weight excluding hydrogens is 279 g/mol. The molecular formula is C14H13FN2O2S. The maximum atomic E-state index is 13.5. The van der Waals surface area contributed by atoms with Gasteiger partial charge in [-0.1, -0.05) is 36.4 Å². The fourth-order valence-electron chi connectivity index (χ4n) is 1.60. The summed E-state index contributed by atoms with van der Waals surface area (Å²) in [4.78, 5) is 2.20. The summed E-state index contributed by atoms with van der Waals surface area (Å²) in [6.07, 6.45) is 0. The fraction of sp³-hybridized carbons (Fsp3) is 0.0714. The number of rotatable bonds is 4. The van der Waals surface area contributed by atoms with Gasteiger partial charge in [0, 0.05) is 5.56 Å². The molecule has 0 fully saturated rings. The van der Waals surface area contributed by atoms with E-state index in [0.717, 1.165) is 0 Å². The van der Waals surface area contributed by atoms with Gasteiger partial charge in [0.05, 0.1) is 10.6 Å². The highest BCUT2D eigenvalue weighted by Crippen LogP contribution is 2.09. The van der Waals surface area contributed by atoms with E-state index in [-0.39, 0.29) is 16.2 Å². The zero-order chi connectivity index (χ0) is 14.6. The van der Waals surface area contributed by atoms with E-state index in [4.69, 9.17) is 0 Å². The van der Waals surface area contributed by atoms with Crippen molar-refractivity contribution < 1.29 is 12.8 Å². The summed E-state index contributed by atoms with van der Waals surface area (Å²) in [5, 5.41) is 3.74. The van der Waals surface area contributed by atoms with Gasteiger partial charge in [0.1, 0.15) is 5.82 Å². The molecule has 2 rings (SSSR count). The highest BCUT2D eigenvalue weighted by atomic mass is 32.2. The molecule has 0 saturated heterocycles. The Morgan fingerprint density at radius 2 is 1.65 bits per heavy atom. The van der Waals surface area contributed by atoms with Crippen LogP contribution < -0.4 is 4.83 Å². The third-order valence-corrected chi connectivity index (χ3v) is 3.88. The van der Waals surface area contributed by atoms with Gasteiger partial charge >= 0.3 is 0 Å². The first-order chi connectivity index (χ1) is 9.50. The van der Waals surface area contributed by atoms with Crippen LogP contribution in [0.2, 0.25) is 0 Å². The van der Waals surface area contributed by atoms with Crippen molar-refractivity contribution in [3.8, 4) is 0 Å². The molecule has 104 valence electrons. The number of hydrogen-bond donors (Lipinski definition) is 1. The Morgan fingerprint density at radius 1 is 1.05 bits per heavy atom. The maximum absolute atomic E-state index is 13.5. The van der Waals surface area contributed by atoms with Crippen LogP contribution >= 0.6 is 0 Å². The number of halogens is 1. The largest absolute Gasteiger partial charge is 0.276 e.